The van der Waals surface area contributed by atoms with E-state index in [2.05, 4.69) is 4.98 Å². The van der Waals surface area contributed by atoms with E-state index >= 15 is 0 Å². The Morgan fingerprint density at radius 2 is 2.11 bits per heavy atom. The van der Waals surface area contributed by atoms with Gasteiger partial charge in [0, 0.05) is 17.0 Å². The first-order valence-electron chi connectivity index (χ1n) is 5.71. The van der Waals surface area contributed by atoms with Gasteiger partial charge in [0.05, 0.1) is 5.69 Å². The molecule has 1 atom stereocenters. The van der Waals surface area contributed by atoms with Gasteiger partial charge in [-0.2, -0.15) is 0 Å². The van der Waals surface area contributed by atoms with Gasteiger partial charge in [-0.15, -0.1) is 11.3 Å². The number of nitrogens with zero attached hydrogens (tertiary/aromatic N) is 1. The molecule has 0 aliphatic heterocycles. The molecule has 0 fully saturated rings. The van der Waals surface area contributed by atoms with E-state index in [1.165, 1.54) is 23.5 Å². The zero-order chi connectivity index (χ0) is 13.1. The molecule has 0 aliphatic rings. The number of aromatic nitrogens is 1. The maximum atomic E-state index is 13.1. The molecule has 0 spiro atoms. The second-order valence-corrected chi connectivity index (χ2v) is 5.15. The molecule has 0 saturated heterocycles. The van der Waals surface area contributed by atoms with E-state index < -0.39 is 11.6 Å². The van der Waals surface area contributed by atoms with Gasteiger partial charge in [-0.05, 0) is 38.0 Å². The monoisotopic (exact) mass is 268 g/mol. The van der Waals surface area contributed by atoms with E-state index in [4.69, 9.17) is 5.73 Å². The van der Waals surface area contributed by atoms with Gasteiger partial charge in [-0.1, -0.05) is 0 Å². The summed E-state index contributed by atoms with van der Waals surface area (Å²) in [6.07, 6.45) is 1.67. The van der Waals surface area contributed by atoms with Crippen LogP contribution in [0.3, 0.4) is 0 Å². The molecule has 2 aromatic rings. The smallest absolute Gasteiger partial charge is 0.159 e. The van der Waals surface area contributed by atoms with Crippen LogP contribution in [0, 0.1) is 11.6 Å². The van der Waals surface area contributed by atoms with E-state index in [0.29, 0.717) is 10.6 Å². The van der Waals surface area contributed by atoms with Crippen molar-refractivity contribution < 1.29 is 8.78 Å². The number of hydrogen-bond acceptors (Lipinski definition) is 3. The lowest BCUT2D eigenvalue weighted by molar-refractivity contribution is 0.509. The highest BCUT2D eigenvalue weighted by molar-refractivity contribution is 7.13. The minimum Gasteiger partial charge on any atom is -0.328 e. The van der Waals surface area contributed by atoms with Crippen LogP contribution in [0.4, 0.5) is 8.78 Å². The van der Waals surface area contributed by atoms with E-state index in [0.717, 1.165) is 24.6 Å². The van der Waals surface area contributed by atoms with Gasteiger partial charge in [-0.3, -0.25) is 0 Å². The number of rotatable bonds is 4. The average Bonchev–Trinajstić information content (AvgIpc) is 2.79. The van der Waals surface area contributed by atoms with Gasteiger partial charge in [0.25, 0.3) is 0 Å². The van der Waals surface area contributed by atoms with Crippen molar-refractivity contribution in [3.8, 4) is 10.6 Å². The van der Waals surface area contributed by atoms with Crippen molar-refractivity contribution >= 4 is 11.3 Å². The third-order valence-corrected chi connectivity index (χ3v) is 3.51. The molecule has 1 aromatic carbocycles. The van der Waals surface area contributed by atoms with Gasteiger partial charge in [0.15, 0.2) is 11.6 Å². The van der Waals surface area contributed by atoms with Crippen molar-refractivity contribution in [2.75, 3.05) is 0 Å². The van der Waals surface area contributed by atoms with Crippen LogP contribution in [0.25, 0.3) is 10.6 Å². The van der Waals surface area contributed by atoms with Crippen LogP contribution in [0.15, 0.2) is 23.6 Å². The molecule has 2 nitrogen and oxygen atoms in total. The lowest BCUT2D eigenvalue weighted by Crippen LogP contribution is -2.15. The van der Waals surface area contributed by atoms with Gasteiger partial charge in [0.1, 0.15) is 5.01 Å². The first kappa shape index (κ1) is 13.1. The summed E-state index contributed by atoms with van der Waals surface area (Å²) in [5.74, 6) is -1.69. The highest BCUT2D eigenvalue weighted by Gasteiger charge is 2.08. The third-order valence-electron chi connectivity index (χ3n) is 2.57. The molecule has 18 heavy (non-hydrogen) atoms. The van der Waals surface area contributed by atoms with Crippen LogP contribution in [0.1, 0.15) is 19.0 Å². The Kier molecular flexibility index (Phi) is 4.04. The van der Waals surface area contributed by atoms with Crippen molar-refractivity contribution in [2.24, 2.45) is 5.73 Å². The minimum atomic E-state index is -0.847. The van der Waals surface area contributed by atoms with Crippen molar-refractivity contribution in [1.82, 2.24) is 4.98 Å². The highest BCUT2D eigenvalue weighted by Crippen LogP contribution is 2.25. The van der Waals surface area contributed by atoms with E-state index in [9.17, 15) is 8.78 Å². The van der Waals surface area contributed by atoms with E-state index in [1.54, 1.807) is 0 Å². The van der Waals surface area contributed by atoms with Crippen LogP contribution in [-0.4, -0.2) is 11.0 Å². The molecule has 0 amide bonds. The molecule has 96 valence electrons. The van der Waals surface area contributed by atoms with E-state index in [-0.39, 0.29) is 6.04 Å². The Bertz CT molecular complexity index is 538. The van der Waals surface area contributed by atoms with E-state index in [1.807, 2.05) is 12.3 Å². The van der Waals surface area contributed by atoms with Crippen LogP contribution in [-0.2, 0) is 6.42 Å². The van der Waals surface area contributed by atoms with Gasteiger partial charge in [-0.25, -0.2) is 13.8 Å². The van der Waals surface area contributed by atoms with Crippen LogP contribution < -0.4 is 5.73 Å². The van der Waals surface area contributed by atoms with Crippen LogP contribution in [0.2, 0.25) is 0 Å². The molecule has 1 heterocycles. The predicted molar refractivity (Wildman–Crippen MR) is 69.4 cm³/mol. The largest absolute Gasteiger partial charge is 0.328 e. The quantitative estimate of drug-likeness (QED) is 0.923. The number of hydrogen-bond donors (Lipinski definition) is 1. The SMILES string of the molecule is CC(N)CCc1csc(-c2ccc(F)c(F)c2)n1. The third kappa shape index (κ3) is 3.11. The molecule has 1 unspecified atom stereocenters. The Hall–Kier alpha value is -1.33. The minimum absolute atomic E-state index is 0.137. The summed E-state index contributed by atoms with van der Waals surface area (Å²) < 4.78 is 25.9. The standard InChI is InChI=1S/C13H14F2N2S/c1-8(16)2-4-10-7-18-13(17-10)9-3-5-11(14)12(15)6-9/h3,5-8H,2,4,16H2,1H3. The molecular formula is C13H14F2N2S. The molecular weight excluding hydrogens is 254 g/mol. The Labute approximate surface area is 108 Å². The molecule has 1 aromatic heterocycles. The first-order chi connectivity index (χ1) is 8.56. The topological polar surface area (TPSA) is 38.9 Å². The normalized spacial score (nSPS) is 12.7. The Morgan fingerprint density at radius 3 is 2.78 bits per heavy atom. The molecule has 0 saturated carbocycles. The predicted octanol–water partition coefficient (Wildman–Crippen LogP) is 3.37. The lowest BCUT2D eigenvalue weighted by Gasteiger charge is -2.01. The molecule has 0 bridgehead atoms. The van der Waals surface area contributed by atoms with Crippen molar-refractivity contribution in [3.05, 3.63) is 40.9 Å². The zero-order valence-electron chi connectivity index (χ0n) is 9.99. The molecule has 0 radical (unpaired) electrons. The van der Waals surface area contributed by atoms with Crippen LogP contribution in [0.5, 0.6) is 0 Å². The summed E-state index contributed by atoms with van der Waals surface area (Å²) >= 11 is 1.43. The zero-order valence-corrected chi connectivity index (χ0v) is 10.8. The maximum Gasteiger partial charge on any atom is 0.159 e. The second kappa shape index (κ2) is 5.54. The summed E-state index contributed by atoms with van der Waals surface area (Å²) in [7, 11) is 0. The highest BCUT2D eigenvalue weighted by atomic mass is 32.1. The number of nitrogens with two attached hydrogens (primary N) is 1. The van der Waals surface area contributed by atoms with Gasteiger partial charge >= 0.3 is 0 Å². The van der Waals surface area contributed by atoms with Crippen molar-refractivity contribution in [1.29, 1.82) is 0 Å². The Morgan fingerprint density at radius 1 is 1.33 bits per heavy atom. The second-order valence-electron chi connectivity index (χ2n) is 4.29. The molecule has 5 heteroatoms. The summed E-state index contributed by atoms with van der Waals surface area (Å²) in [5, 5.41) is 2.63. The Balaban J connectivity index is 2.16. The molecule has 0 aliphatic carbocycles. The van der Waals surface area contributed by atoms with Crippen LogP contribution >= 0.6 is 11.3 Å². The number of aryl methyl sites for hydroxylation is 1. The lowest BCUT2D eigenvalue weighted by atomic mass is 10.1. The maximum absolute atomic E-state index is 13.1. The number of thiazole rings is 1. The fourth-order valence-corrected chi connectivity index (χ4v) is 2.41. The fraction of sp³-hybridized carbons (Fsp3) is 0.308. The van der Waals surface area contributed by atoms with Crippen molar-refractivity contribution in [2.45, 2.75) is 25.8 Å². The summed E-state index contributed by atoms with van der Waals surface area (Å²) in [4.78, 5) is 4.40. The molecule has 2 N–H and O–H groups in total. The molecule has 2 rings (SSSR count). The summed E-state index contributed by atoms with van der Waals surface area (Å²) in [6.45, 7) is 1.95. The van der Waals surface area contributed by atoms with Gasteiger partial charge < -0.3 is 5.73 Å². The summed E-state index contributed by atoms with van der Waals surface area (Å²) in [6, 6.07) is 3.96. The van der Waals surface area contributed by atoms with Crippen molar-refractivity contribution in [3.63, 3.8) is 0 Å². The number of halogens is 2. The first-order valence-corrected chi connectivity index (χ1v) is 6.59. The fourth-order valence-electron chi connectivity index (χ4n) is 1.56. The average molecular weight is 268 g/mol. The van der Waals surface area contributed by atoms with Gasteiger partial charge in [0.2, 0.25) is 0 Å². The summed E-state index contributed by atoms with van der Waals surface area (Å²) in [5.41, 5.74) is 7.22. The number of benzene rings is 1.